The van der Waals surface area contributed by atoms with Crippen LogP contribution in [0.15, 0.2) is 16.9 Å². The standard InChI is InChI=1S/C17H22BN3O/c1-11-9-12-14(13(18)10-11)19-16(20(4)15(12)22)21-7-5-17(2,3)6-8-21/h9-10H,5-8H2,1-4H3. The fourth-order valence-electron chi connectivity index (χ4n) is 3.14. The van der Waals surface area contributed by atoms with Crippen LogP contribution in [0.5, 0.6) is 0 Å². The van der Waals surface area contributed by atoms with Crippen LogP contribution in [0.3, 0.4) is 0 Å². The summed E-state index contributed by atoms with van der Waals surface area (Å²) in [7, 11) is 7.88. The van der Waals surface area contributed by atoms with Crippen LogP contribution in [0.25, 0.3) is 10.9 Å². The second-order valence-electron chi connectivity index (χ2n) is 7.18. The molecule has 0 bridgehead atoms. The van der Waals surface area contributed by atoms with Gasteiger partial charge >= 0.3 is 0 Å². The van der Waals surface area contributed by atoms with Crippen molar-refractivity contribution in [1.82, 2.24) is 9.55 Å². The molecule has 5 heteroatoms. The zero-order chi connectivity index (χ0) is 16.1. The third kappa shape index (κ3) is 2.53. The molecule has 1 aliphatic heterocycles. The Bertz CT molecular complexity index is 785. The van der Waals surface area contributed by atoms with Gasteiger partial charge in [0.25, 0.3) is 5.56 Å². The molecule has 3 rings (SSSR count). The molecule has 0 amide bonds. The lowest BCUT2D eigenvalue weighted by molar-refractivity contribution is 0.277. The average molecular weight is 295 g/mol. The van der Waals surface area contributed by atoms with E-state index in [0.29, 0.717) is 21.8 Å². The molecule has 2 heterocycles. The van der Waals surface area contributed by atoms with Crippen molar-refractivity contribution in [2.75, 3.05) is 18.0 Å². The summed E-state index contributed by atoms with van der Waals surface area (Å²) >= 11 is 0. The van der Waals surface area contributed by atoms with Gasteiger partial charge in [0, 0.05) is 20.1 Å². The maximum Gasteiger partial charge on any atom is 0.262 e. The number of fused-ring (bicyclic) bond motifs is 1. The number of aryl methyl sites for hydroxylation is 1. The molecule has 1 aromatic carbocycles. The lowest BCUT2D eigenvalue weighted by atomic mass is 9.83. The number of hydrogen-bond donors (Lipinski definition) is 0. The molecular weight excluding hydrogens is 273 g/mol. The molecule has 22 heavy (non-hydrogen) atoms. The second-order valence-corrected chi connectivity index (χ2v) is 7.18. The van der Waals surface area contributed by atoms with E-state index in [4.69, 9.17) is 12.8 Å². The van der Waals surface area contributed by atoms with Gasteiger partial charge < -0.3 is 4.90 Å². The van der Waals surface area contributed by atoms with Gasteiger partial charge in [-0.25, -0.2) is 4.98 Å². The number of rotatable bonds is 1. The first-order valence-corrected chi connectivity index (χ1v) is 7.80. The highest BCUT2D eigenvalue weighted by Crippen LogP contribution is 2.31. The normalized spacial score (nSPS) is 17.9. The summed E-state index contributed by atoms with van der Waals surface area (Å²) in [6.45, 7) is 8.36. The molecule has 0 N–H and O–H groups in total. The minimum atomic E-state index is -0.0276. The van der Waals surface area contributed by atoms with Crippen molar-refractivity contribution < 1.29 is 0 Å². The Morgan fingerprint density at radius 2 is 1.86 bits per heavy atom. The Kier molecular flexibility index (Phi) is 3.54. The Labute approximate surface area is 132 Å². The van der Waals surface area contributed by atoms with Crippen molar-refractivity contribution >= 4 is 30.2 Å². The number of anilines is 1. The van der Waals surface area contributed by atoms with E-state index in [1.165, 1.54) is 0 Å². The number of hydrogen-bond acceptors (Lipinski definition) is 3. The quantitative estimate of drug-likeness (QED) is 0.751. The van der Waals surface area contributed by atoms with Crippen molar-refractivity contribution in [3.63, 3.8) is 0 Å². The van der Waals surface area contributed by atoms with Crippen LogP contribution >= 0.6 is 0 Å². The SMILES string of the molecule is [B]c1cc(C)cc2c(=O)n(C)c(N3CCC(C)(C)CC3)nc12. The van der Waals surface area contributed by atoms with Crippen LogP contribution in [-0.2, 0) is 7.05 Å². The summed E-state index contributed by atoms with van der Waals surface area (Å²) in [6.07, 6.45) is 2.20. The van der Waals surface area contributed by atoms with Crippen molar-refractivity contribution in [2.45, 2.75) is 33.6 Å². The van der Waals surface area contributed by atoms with Crippen molar-refractivity contribution in [1.29, 1.82) is 0 Å². The van der Waals surface area contributed by atoms with Gasteiger partial charge in [0.15, 0.2) is 0 Å². The summed E-state index contributed by atoms with van der Waals surface area (Å²) in [5.74, 6) is 0.726. The van der Waals surface area contributed by atoms with Crippen molar-refractivity contribution in [3.05, 3.63) is 28.0 Å². The van der Waals surface area contributed by atoms with Crippen LogP contribution in [0, 0.1) is 12.3 Å². The minimum absolute atomic E-state index is 0.0276. The average Bonchev–Trinajstić information content (AvgIpc) is 2.44. The molecule has 2 radical (unpaired) electrons. The lowest BCUT2D eigenvalue weighted by Crippen LogP contribution is -2.41. The summed E-state index contributed by atoms with van der Waals surface area (Å²) in [6, 6.07) is 3.74. The fourth-order valence-corrected chi connectivity index (χ4v) is 3.14. The van der Waals surface area contributed by atoms with E-state index < -0.39 is 0 Å². The van der Waals surface area contributed by atoms with Crippen LogP contribution < -0.4 is 15.9 Å². The Hall–Kier alpha value is -1.78. The number of aromatic nitrogens is 2. The van der Waals surface area contributed by atoms with Gasteiger partial charge in [0.05, 0.1) is 10.9 Å². The van der Waals surface area contributed by atoms with E-state index in [-0.39, 0.29) is 5.56 Å². The maximum atomic E-state index is 12.7. The predicted molar refractivity (Wildman–Crippen MR) is 92.3 cm³/mol. The van der Waals surface area contributed by atoms with Gasteiger partial charge in [-0.05, 0) is 31.2 Å². The van der Waals surface area contributed by atoms with E-state index in [2.05, 4.69) is 18.7 Å². The van der Waals surface area contributed by atoms with Crippen LogP contribution in [0.1, 0.15) is 32.3 Å². The largest absolute Gasteiger partial charge is 0.342 e. The highest BCUT2D eigenvalue weighted by atomic mass is 16.1. The lowest BCUT2D eigenvalue weighted by Gasteiger charge is -2.37. The zero-order valence-corrected chi connectivity index (χ0v) is 13.8. The molecule has 114 valence electrons. The van der Waals surface area contributed by atoms with Crippen LogP contribution in [-0.4, -0.2) is 30.5 Å². The Balaban J connectivity index is 2.12. The maximum absolute atomic E-state index is 12.7. The molecule has 4 nitrogen and oxygen atoms in total. The summed E-state index contributed by atoms with van der Waals surface area (Å²) in [5, 5.41) is 0.598. The molecule has 1 fully saturated rings. The van der Waals surface area contributed by atoms with Crippen LogP contribution in [0.4, 0.5) is 5.95 Å². The fraction of sp³-hybridized carbons (Fsp3) is 0.529. The van der Waals surface area contributed by atoms with Gasteiger partial charge in [-0.15, -0.1) is 0 Å². The van der Waals surface area contributed by atoms with Gasteiger partial charge in [-0.3, -0.25) is 9.36 Å². The number of benzene rings is 1. The highest BCUT2D eigenvalue weighted by Gasteiger charge is 2.27. The van der Waals surface area contributed by atoms with Crippen molar-refractivity contribution in [3.8, 4) is 0 Å². The topological polar surface area (TPSA) is 38.1 Å². The summed E-state index contributed by atoms with van der Waals surface area (Å²) in [4.78, 5) is 19.6. The Morgan fingerprint density at radius 1 is 1.23 bits per heavy atom. The summed E-state index contributed by atoms with van der Waals surface area (Å²) < 4.78 is 1.65. The van der Waals surface area contributed by atoms with E-state index >= 15 is 0 Å². The minimum Gasteiger partial charge on any atom is -0.342 e. The van der Waals surface area contributed by atoms with E-state index in [1.807, 2.05) is 19.1 Å². The zero-order valence-electron chi connectivity index (χ0n) is 13.8. The first kappa shape index (κ1) is 15.1. The number of nitrogens with zero attached hydrogens (tertiary/aromatic N) is 3. The first-order chi connectivity index (χ1) is 10.3. The smallest absolute Gasteiger partial charge is 0.262 e. The van der Waals surface area contributed by atoms with E-state index in [1.54, 1.807) is 11.6 Å². The highest BCUT2D eigenvalue weighted by molar-refractivity contribution is 6.38. The molecule has 1 aliphatic rings. The van der Waals surface area contributed by atoms with Gasteiger partial charge in [-0.2, -0.15) is 0 Å². The molecular formula is C17H22BN3O. The molecule has 0 unspecified atom stereocenters. The third-order valence-corrected chi connectivity index (χ3v) is 4.73. The predicted octanol–water partition coefficient (Wildman–Crippen LogP) is 1.66. The Morgan fingerprint density at radius 3 is 2.50 bits per heavy atom. The van der Waals surface area contributed by atoms with Gasteiger partial charge in [-0.1, -0.05) is 30.9 Å². The third-order valence-electron chi connectivity index (χ3n) is 4.73. The van der Waals surface area contributed by atoms with Gasteiger partial charge in [0.2, 0.25) is 5.95 Å². The monoisotopic (exact) mass is 295 g/mol. The molecule has 1 aromatic heterocycles. The molecule has 0 atom stereocenters. The molecule has 0 aliphatic carbocycles. The molecule has 0 spiro atoms. The van der Waals surface area contributed by atoms with Crippen LogP contribution in [0.2, 0.25) is 0 Å². The molecule has 0 saturated carbocycles. The number of piperidine rings is 1. The van der Waals surface area contributed by atoms with E-state index in [9.17, 15) is 4.79 Å². The second kappa shape index (κ2) is 5.15. The molecule has 2 aromatic rings. The summed E-state index contributed by atoms with van der Waals surface area (Å²) in [5.41, 5.74) is 2.51. The van der Waals surface area contributed by atoms with Gasteiger partial charge in [0.1, 0.15) is 7.85 Å². The van der Waals surface area contributed by atoms with E-state index in [0.717, 1.165) is 37.4 Å². The first-order valence-electron chi connectivity index (χ1n) is 7.80. The molecule has 1 saturated heterocycles. The van der Waals surface area contributed by atoms with Crippen molar-refractivity contribution in [2.24, 2.45) is 12.5 Å².